The molecule has 0 saturated carbocycles. The van der Waals surface area contributed by atoms with Crippen LogP contribution < -0.4 is 15.4 Å². The van der Waals surface area contributed by atoms with Crippen molar-refractivity contribution in [2.45, 2.75) is 26.4 Å². The minimum absolute atomic E-state index is 0.424. The first kappa shape index (κ1) is 15.4. The molecular weight excluding hydrogens is 260 g/mol. The molecule has 0 radical (unpaired) electrons. The van der Waals surface area contributed by atoms with Gasteiger partial charge in [-0.1, -0.05) is 30.3 Å². The fourth-order valence-electron chi connectivity index (χ4n) is 2.29. The lowest BCUT2D eigenvalue weighted by Gasteiger charge is -2.29. The quantitative estimate of drug-likeness (QED) is 0.846. The molecule has 112 valence electrons. The molecule has 0 aliphatic rings. The van der Waals surface area contributed by atoms with Gasteiger partial charge in [-0.3, -0.25) is 0 Å². The lowest BCUT2D eigenvalue weighted by molar-refractivity contribution is 0.320. The van der Waals surface area contributed by atoms with E-state index in [0.717, 1.165) is 17.9 Å². The third kappa shape index (κ3) is 4.50. The summed E-state index contributed by atoms with van der Waals surface area (Å²) < 4.78 is 5.79. The molecule has 2 aromatic carbocycles. The summed E-state index contributed by atoms with van der Waals surface area (Å²) in [4.78, 5) is 2.34. The number of anilines is 1. The summed E-state index contributed by atoms with van der Waals surface area (Å²) in [5.74, 6) is 0.916. The van der Waals surface area contributed by atoms with Gasteiger partial charge in [-0.2, -0.15) is 0 Å². The Bertz CT molecular complexity index is 523. The van der Waals surface area contributed by atoms with Crippen molar-refractivity contribution < 1.29 is 4.74 Å². The molecule has 2 aromatic rings. The van der Waals surface area contributed by atoms with E-state index >= 15 is 0 Å². The number of rotatable bonds is 7. The number of ether oxygens (including phenoxy) is 1. The van der Waals surface area contributed by atoms with Crippen molar-refractivity contribution in [1.29, 1.82) is 0 Å². The summed E-state index contributed by atoms with van der Waals surface area (Å²) in [6.45, 7) is 6.49. The lowest BCUT2D eigenvalue weighted by atomic mass is 10.1. The van der Waals surface area contributed by atoms with Crippen LogP contribution in [0.25, 0.3) is 0 Å². The normalized spacial score (nSPS) is 10.7. The highest BCUT2D eigenvalue weighted by Crippen LogP contribution is 2.18. The Morgan fingerprint density at radius 2 is 1.67 bits per heavy atom. The van der Waals surface area contributed by atoms with Crippen molar-refractivity contribution >= 4 is 5.69 Å². The molecule has 0 bridgehead atoms. The molecular formula is C18H24N2O. The summed E-state index contributed by atoms with van der Waals surface area (Å²) in [6, 6.07) is 18.8. The van der Waals surface area contributed by atoms with E-state index in [4.69, 9.17) is 10.5 Å². The maximum Gasteiger partial charge on any atom is 0.119 e. The SMILES string of the molecule is CC(C)N(CCOc1ccccc1)c1ccc(CN)cc1. The Morgan fingerprint density at radius 1 is 1.00 bits per heavy atom. The van der Waals surface area contributed by atoms with Gasteiger partial charge < -0.3 is 15.4 Å². The molecule has 0 aliphatic carbocycles. The molecule has 21 heavy (non-hydrogen) atoms. The van der Waals surface area contributed by atoms with Crippen molar-refractivity contribution in [2.24, 2.45) is 5.73 Å². The van der Waals surface area contributed by atoms with Gasteiger partial charge >= 0.3 is 0 Å². The average molecular weight is 284 g/mol. The molecule has 0 atom stereocenters. The molecule has 0 aromatic heterocycles. The van der Waals surface area contributed by atoms with Crippen LogP contribution in [-0.2, 0) is 6.54 Å². The zero-order chi connectivity index (χ0) is 15.1. The largest absolute Gasteiger partial charge is 0.492 e. The zero-order valence-electron chi connectivity index (χ0n) is 12.8. The highest BCUT2D eigenvalue weighted by Gasteiger charge is 2.10. The van der Waals surface area contributed by atoms with Crippen molar-refractivity contribution in [1.82, 2.24) is 0 Å². The third-order valence-corrected chi connectivity index (χ3v) is 3.47. The van der Waals surface area contributed by atoms with E-state index in [2.05, 4.69) is 43.0 Å². The predicted octanol–water partition coefficient (Wildman–Crippen LogP) is 3.44. The van der Waals surface area contributed by atoms with Crippen LogP contribution in [0.1, 0.15) is 19.4 Å². The van der Waals surface area contributed by atoms with Crippen LogP contribution in [0.15, 0.2) is 54.6 Å². The van der Waals surface area contributed by atoms with Crippen LogP contribution >= 0.6 is 0 Å². The number of para-hydroxylation sites is 1. The molecule has 0 spiro atoms. The summed E-state index contributed by atoms with van der Waals surface area (Å²) in [6.07, 6.45) is 0. The molecule has 3 heteroatoms. The first-order valence-electron chi connectivity index (χ1n) is 7.44. The molecule has 0 unspecified atom stereocenters. The lowest BCUT2D eigenvalue weighted by Crippen LogP contribution is -2.34. The average Bonchev–Trinajstić information content (AvgIpc) is 2.52. The highest BCUT2D eigenvalue weighted by molar-refractivity contribution is 5.48. The summed E-state index contributed by atoms with van der Waals surface area (Å²) >= 11 is 0. The van der Waals surface area contributed by atoms with Gasteiger partial charge in [0, 0.05) is 18.3 Å². The number of benzene rings is 2. The van der Waals surface area contributed by atoms with Crippen LogP contribution in [-0.4, -0.2) is 19.2 Å². The van der Waals surface area contributed by atoms with Gasteiger partial charge in [0.25, 0.3) is 0 Å². The number of hydrogen-bond donors (Lipinski definition) is 1. The Labute approximate surface area is 127 Å². The number of hydrogen-bond acceptors (Lipinski definition) is 3. The fraction of sp³-hybridized carbons (Fsp3) is 0.333. The van der Waals surface area contributed by atoms with Crippen molar-refractivity contribution in [3.05, 3.63) is 60.2 Å². The van der Waals surface area contributed by atoms with Gasteiger partial charge in [0.05, 0.1) is 6.54 Å². The Hall–Kier alpha value is -2.00. The van der Waals surface area contributed by atoms with Gasteiger partial charge in [-0.15, -0.1) is 0 Å². The minimum atomic E-state index is 0.424. The van der Waals surface area contributed by atoms with Gasteiger partial charge in [-0.25, -0.2) is 0 Å². The Kier molecular flexibility index (Phi) is 5.64. The molecule has 3 nitrogen and oxygen atoms in total. The van der Waals surface area contributed by atoms with Gasteiger partial charge in [0.15, 0.2) is 0 Å². The Morgan fingerprint density at radius 3 is 2.24 bits per heavy atom. The summed E-state index contributed by atoms with van der Waals surface area (Å²) in [5.41, 5.74) is 8.01. The minimum Gasteiger partial charge on any atom is -0.492 e. The number of nitrogens with zero attached hydrogens (tertiary/aromatic N) is 1. The van der Waals surface area contributed by atoms with E-state index in [0.29, 0.717) is 19.2 Å². The maximum atomic E-state index is 5.79. The molecule has 2 N–H and O–H groups in total. The van der Waals surface area contributed by atoms with Crippen LogP contribution in [0.5, 0.6) is 5.75 Å². The molecule has 0 heterocycles. The highest BCUT2D eigenvalue weighted by atomic mass is 16.5. The van der Waals surface area contributed by atoms with Crippen molar-refractivity contribution in [3.8, 4) is 5.75 Å². The first-order chi connectivity index (χ1) is 10.2. The predicted molar refractivity (Wildman–Crippen MR) is 88.8 cm³/mol. The molecule has 2 rings (SSSR count). The standard InChI is InChI=1S/C18H24N2O/c1-15(2)20(17-10-8-16(14-19)9-11-17)12-13-21-18-6-4-3-5-7-18/h3-11,15H,12-14,19H2,1-2H3. The van der Waals surface area contributed by atoms with E-state index in [1.54, 1.807) is 0 Å². The van der Waals surface area contributed by atoms with E-state index in [1.165, 1.54) is 5.69 Å². The van der Waals surface area contributed by atoms with E-state index in [1.807, 2.05) is 30.3 Å². The van der Waals surface area contributed by atoms with Crippen LogP contribution in [0, 0.1) is 0 Å². The van der Waals surface area contributed by atoms with Crippen LogP contribution in [0.3, 0.4) is 0 Å². The van der Waals surface area contributed by atoms with Crippen LogP contribution in [0.2, 0.25) is 0 Å². The number of nitrogens with two attached hydrogens (primary N) is 1. The van der Waals surface area contributed by atoms with E-state index in [9.17, 15) is 0 Å². The second-order valence-corrected chi connectivity index (χ2v) is 5.32. The monoisotopic (exact) mass is 284 g/mol. The topological polar surface area (TPSA) is 38.5 Å². The second kappa shape index (κ2) is 7.70. The fourth-order valence-corrected chi connectivity index (χ4v) is 2.29. The van der Waals surface area contributed by atoms with E-state index < -0.39 is 0 Å². The third-order valence-electron chi connectivity index (χ3n) is 3.47. The summed E-state index contributed by atoms with van der Waals surface area (Å²) in [7, 11) is 0. The first-order valence-corrected chi connectivity index (χ1v) is 7.44. The summed E-state index contributed by atoms with van der Waals surface area (Å²) in [5, 5.41) is 0. The van der Waals surface area contributed by atoms with Gasteiger partial charge in [-0.05, 0) is 43.7 Å². The van der Waals surface area contributed by atoms with Crippen molar-refractivity contribution in [3.63, 3.8) is 0 Å². The van der Waals surface area contributed by atoms with Gasteiger partial charge in [0.2, 0.25) is 0 Å². The second-order valence-electron chi connectivity index (χ2n) is 5.32. The Balaban J connectivity index is 1.95. The molecule has 0 saturated heterocycles. The molecule has 0 fully saturated rings. The van der Waals surface area contributed by atoms with Crippen molar-refractivity contribution in [2.75, 3.05) is 18.1 Å². The molecule has 0 amide bonds. The smallest absolute Gasteiger partial charge is 0.119 e. The van der Waals surface area contributed by atoms with Crippen LogP contribution in [0.4, 0.5) is 5.69 Å². The zero-order valence-corrected chi connectivity index (χ0v) is 12.8. The van der Waals surface area contributed by atoms with E-state index in [-0.39, 0.29) is 0 Å². The molecule has 0 aliphatic heterocycles. The van der Waals surface area contributed by atoms with Gasteiger partial charge in [0.1, 0.15) is 12.4 Å². The maximum absolute atomic E-state index is 5.79.